The molecule has 1 unspecified atom stereocenters. The molecule has 18 heavy (non-hydrogen) atoms. The third kappa shape index (κ3) is 4.98. The van der Waals surface area contributed by atoms with Crippen molar-refractivity contribution in [3.63, 3.8) is 0 Å². The first-order valence-corrected chi connectivity index (χ1v) is 7.59. The molecule has 0 radical (unpaired) electrons. The van der Waals surface area contributed by atoms with Crippen LogP contribution in [0.5, 0.6) is 0 Å². The van der Waals surface area contributed by atoms with Crippen molar-refractivity contribution in [1.29, 1.82) is 0 Å². The molecule has 0 saturated carbocycles. The minimum atomic E-state index is -0.423. The van der Waals surface area contributed by atoms with Gasteiger partial charge in [-0.25, -0.2) is 0 Å². The summed E-state index contributed by atoms with van der Waals surface area (Å²) in [5.41, 5.74) is 0.966. The fourth-order valence-corrected chi connectivity index (χ4v) is 2.28. The number of aliphatic hydroxyl groups is 2. The molecule has 0 bridgehead atoms. The molecule has 0 aromatic heterocycles. The predicted molar refractivity (Wildman–Crippen MR) is 77.0 cm³/mol. The third-order valence-electron chi connectivity index (χ3n) is 3.08. The summed E-state index contributed by atoms with van der Waals surface area (Å²) < 4.78 is 0. The van der Waals surface area contributed by atoms with E-state index in [-0.39, 0.29) is 6.61 Å². The van der Waals surface area contributed by atoms with E-state index in [1.807, 2.05) is 30.5 Å². The molecule has 1 rings (SSSR count). The molecule has 0 amide bonds. The molecule has 0 aliphatic heterocycles. The molecular weight excluding hydrogens is 246 g/mol. The fourth-order valence-electron chi connectivity index (χ4n) is 1.87. The lowest BCUT2D eigenvalue weighted by Crippen LogP contribution is -2.28. The van der Waals surface area contributed by atoms with E-state index in [0.29, 0.717) is 13.0 Å². The van der Waals surface area contributed by atoms with Crippen LogP contribution in [0, 0.1) is 0 Å². The lowest BCUT2D eigenvalue weighted by atomic mass is 10.1. The second-order valence-corrected chi connectivity index (χ2v) is 5.12. The van der Waals surface area contributed by atoms with Crippen molar-refractivity contribution in [3.05, 3.63) is 29.8 Å². The van der Waals surface area contributed by atoms with Gasteiger partial charge in [-0.05, 0) is 36.9 Å². The van der Waals surface area contributed by atoms with Crippen molar-refractivity contribution >= 4 is 11.8 Å². The van der Waals surface area contributed by atoms with Gasteiger partial charge in [0.05, 0.1) is 12.7 Å². The Hall–Kier alpha value is -0.550. The van der Waals surface area contributed by atoms with Crippen molar-refractivity contribution in [3.8, 4) is 0 Å². The van der Waals surface area contributed by atoms with Gasteiger partial charge in [0.25, 0.3) is 0 Å². The van der Waals surface area contributed by atoms with E-state index in [1.54, 1.807) is 11.8 Å². The molecule has 0 saturated heterocycles. The highest BCUT2D eigenvalue weighted by Crippen LogP contribution is 2.21. The highest BCUT2D eigenvalue weighted by atomic mass is 32.2. The molecule has 0 fully saturated rings. The van der Waals surface area contributed by atoms with E-state index in [1.165, 1.54) is 4.90 Å². The molecule has 0 aliphatic carbocycles. The van der Waals surface area contributed by atoms with Gasteiger partial charge in [-0.3, -0.25) is 0 Å². The van der Waals surface area contributed by atoms with Crippen LogP contribution < -0.4 is 0 Å². The van der Waals surface area contributed by atoms with Gasteiger partial charge in [-0.2, -0.15) is 0 Å². The Morgan fingerprint density at radius 3 is 2.39 bits per heavy atom. The molecule has 1 aromatic carbocycles. The van der Waals surface area contributed by atoms with Gasteiger partial charge in [0, 0.05) is 18.0 Å². The zero-order chi connectivity index (χ0) is 13.4. The zero-order valence-electron chi connectivity index (χ0n) is 11.2. The van der Waals surface area contributed by atoms with E-state index >= 15 is 0 Å². The molecule has 1 aromatic rings. The van der Waals surface area contributed by atoms with Gasteiger partial charge >= 0.3 is 0 Å². The quantitative estimate of drug-likeness (QED) is 0.710. The molecule has 1 atom stereocenters. The number of benzene rings is 1. The fraction of sp³-hybridized carbons (Fsp3) is 0.571. The van der Waals surface area contributed by atoms with Crippen molar-refractivity contribution in [1.82, 2.24) is 4.90 Å². The number of hydrogen-bond acceptors (Lipinski definition) is 4. The minimum Gasteiger partial charge on any atom is -0.395 e. The SMILES string of the molecule is CCN(CCO)CCC(O)c1ccc(SC)cc1. The first kappa shape index (κ1) is 15.5. The largest absolute Gasteiger partial charge is 0.395 e. The van der Waals surface area contributed by atoms with E-state index in [4.69, 9.17) is 5.11 Å². The summed E-state index contributed by atoms with van der Waals surface area (Å²) in [4.78, 5) is 3.35. The van der Waals surface area contributed by atoms with Crippen molar-refractivity contribution in [2.45, 2.75) is 24.3 Å². The smallest absolute Gasteiger partial charge is 0.0802 e. The van der Waals surface area contributed by atoms with Crippen molar-refractivity contribution in [2.75, 3.05) is 32.5 Å². The van der Waals surface area contributed by atoms with Crippen LogP contribution in [0.2, 0.25) is 0 Å². The Kier molecular flexibility index (Phi) is 7.35. The van der Waals surface area contributed by atoms with Gasteiger partial charge in [-0.1, -0.05) is 19.1 Å². The maximum atomic E-state index is 10.1. The minimum absolute atomic E-state index is 0.173. The first-order chi connectivity index (χ1) is 8.71. The molecule has 0 spiro atoms. The van der Waals surface area contributed by atoms with Gasteiger partial charge < -0.3 is 15.1 Å². The van der Waals surface area contributed by atoms with Crippen LogP contribution in [0.15, 0.2) is 29.2 Å². The van der Waals surface area contributed by atoms with Crippen LogP contribution in [0.4, 0.5) is 0 Å². The standard InChI is InChI=1S/C14H23NO2S/c1-3-15(10-11-16)9-8-14(17)12-4-6-13(18-2)7-5-12/h4-7,14,16-17H,3,8-11H2,1-2H3. The van der Waals surface area contributed by atoms with E-state index in [9.17, 15) is 5.11 Å². The Labute approximate surface area is 114 Å². The lowest BCUT2D eigenvalue weighted by molar-refractivity contribution is 0.133. The summed E-state index contributed by atoms with van der Waals surface area (Å²) in [6, 6.07) is 8.04. The number of rotatable bonds is 8. The van der Waals surface area contributed by atoms with Crippen molar-refractivity contribution in [2.24, 2.45) is 0 Å². The maximum absolute atomic E-state index is 10.1. The van der Waals surface area contributed by atoms with Crippen LogP contribution in [-0.4, -0.2) is 47.6 Å². The summed E-state index contributed by atoms with van der Waals surface area (Å²) >= 11 is 1.70. The van der Waals surface area contributed by atoms with E-state index in [2.05, 4.69) is 11.8 Å². The van der Waals surface area contributed by atoms with Crippen LogP contribution in [0.3, 0.4) is 0 Å². The highest BCUT2D eigenvalue weighted by molar-refractivity contribution is 7.98. The number of nitrogens with zero attached hydrogens (tertiary/aromatic N) is 1. The molecule has 2 N–H and O–H groups in total. The van der Waals surface area contributed by atoms with E-state index in [0.717, 1.165) is 18.7 Å². The number of hydrogen-bond donors (Lipinski definition) is 2. The van der Waals surface area contributed by atoms with Crippen LogP contribution >= 0.6 is 11.8 Å². The number of likely N-dealkylation sites (N-methyl/N-ethyl adjacent to an activating group) is 1. The summed E-state index contributed by atoms with van der Waals surface area (Å²) in [6.07, 6.45) is 2.32. The normalized spacial score (nSPS) is 12.9. The molecule has 0 aliphatic rings. The second-order valence-electron chi connectivity index (χ2n) is 4.24. The zero-order valence-corrected chi connectivity index (χ0v) is 12.0. The lowest BCUT2D eigenvalue weighted by Gasteiger charge is -2.21. The topological polar surface area (TPSA) is 43.7 Å². The Bertz CT molecular complexity index is 329. The highest BCUT2D eigenvalue weighted by Gasteiger charge is 2.09. The summed E-state index contributed by atoms with van der Waals surface area (Å²) in [5, 5.41) is 19.0. The molecule has 0 heterocycles. The second kappa shape index (κ2) is 8.53. The molecule has 3 nitrogen and oxygen atoms in total. The van der Waals surface area contributed by atoms with E-state index < -0.39 is 6.10 Å². The van der Waals surface area contributed by atoms with Crippen LogP contribution in [-0.2, 0) is 0 Å². The van der Waals surface area contributed by atoms with Gasteiger partial charge in [0.2, 0.25) is 0 Å². The predicted octanol–water partition coefficient (Wildman–Crippen LogP) is 2.15. The summed E-state index contributed by atoms with van der Waals surface area (Å²) in [5.74, 6) is 0. The van der Waals surface area contributed by atoms with Crippen LogP contribution in [0.1, 0.15) is 25.0 Å². The molecule has 102 valence electrons. The van der Waals surface area contributed by atoms with Crippen LogP contribution in [0.25, 0.3) is 0 Å². The monoisotopic (exact) mass is 269 g/mol. The van der Waals surface area contributed by atoms with Gasteiger partial charge in [0.15, 0.2) is 0 Å². The van der Waals surface area contributed by atoms with Crippen molar-refractivity contribution < 1.29 is 10.2 Å². The molecular formula is C14H23NO2S. The van der Waals surface area contributed by atoms with Gasteiger partial charge in [-0.15, -0.1) is 11.8 Å². The summed E-state index contributed by atoms with van der Waals surface area (Å²) in [6.45, 7) is 4.62. The molecule has 4 heteroatoms. The summed E-state index contributed by atoms with van der Waals surface area (Å²) in [7, 11) is 0. The average Bonchev–Trinajstić information content (AvgIpc) is 2.43. The number of thioether (sulfide) groups is 1. The maximum Gasteiger partial charge on any atom is 0.0802 e. The Morgan fingerprint density at radius 1 is 1.22 bits per heavy atom. The first-order valence-electron chi connectivity index (χ1n) is 6.36. The Morgan fingerprint density at radius 2 is 1.89 bits per heavy atom. The van der Waals surface area contributed by atoms with Gasteiger partial charge in [0.1, 0.15) is 0 Å². The number of aliphatic hydroxyl groups excluding tert-OH is 2. The average molecular weight is 269 g/mol. The third-order valence-corrected chi connectivity index (χ3v) is 3.83. The Balaban J connectivity index is 2.45.